The summed E-state index contributed by atoms with van der Waals surface area (Å²) in [7, 11) is 0. The Bertz CT molecular complexity index is 442. The van der Waals surface area contributed by atoms with Gasteiger partial charge in [-0.3, -0.25) is 4.79 Å². The first kappa shape index (κ1) is 12.9. The molecule has 0 aromatic carbocycles. The van der Waals surface area contributed by atoms with Crippen LogP contribution in [0.15, 0.2) is 18.3 Å². The molecule has 1 heterocycles. The zero-order valence-electron chi connectivity index (χ0n) is 11.3. The average molecular weight is 247 g/mol. The third kappa shape index (κ3) is 2.81. The van der Waals surface area contributed by atoms with E-state index in [4.69, 9.17) is 0 Å². The highest BCUT2D eigenvalue weighted by Gasteiger charge is 2.45. The second-order valence-corrected chi connectivity index (χ2v) is 5.53. The van der Waals surface area contributed by atoms with Gasteiger partial charge in [0.05, 0.1) is 5.56 Å². The fourth-order valence-electron chi connectivity index (χ4n) is 2.13. The Kier molecular flexibility index (Phi) is 3.55. The van der Waals surface area contributed by atoms with Crippen molar-refractivity contribution >= 4 is 11.7 Å². The van der Waals surface area contributed by atoms with Crippen molar-refractivity contribution in [3.8, 4) is 0 Å². The predicted molar refractivity (Wildman–Crippen MR) is 72.6 cm³/mol. The van der Waals surface area contributed by atoms with Gasteiger partial charge in [0, 0.05) is 19.3 Å². The van der Waals surface area contributed by atoms with Crippen LogP contribution in [0.25, 0.3) is 0 Å². The molecule has 1 aliphatic carbocycles. The van der Waals surface area contributed by atoms with E-state index < -0.39 is 0 Å². The Morgan fingerprint density at radius 1 is 1.56 bits per heavy atom. The SMILES string of the molecule is CCNc1ncccc1C(=O)NCC1CC1(C)C. The van der Waals surface area contributed by atoms with E-state index in [0.717, 1.165) is 13.1 Å². The van der Waals surface area contributed by atoms with Crippen molar-refractivity contribution in [3.05, 3.63) is 23.9 Å². The summed E-state index contributed by atoms with van der Waals surface area (Å²) in [5.41, 5.74) is 1.02. The third-order valence-electron chi connectivity index (χ3n) is 3.62. The molecule has 98 valence electrons. The number of rotatable bonds is 5. The highest BCUT2D eigenvalue weighted by atomic mass is 16.1. The fraction of sp³-hybridized carbons (Fsp3) is 0.571. The van der Waals surface area contributed by atoms with Gasteiger partial charge < -0.3 is 10.6 Å². The average Bonchev–Trinajstić information content (AvgIpc) is 2.95. The van der Waals surface area contributed by atoms with Gasteiger partial charge in [-0.25, -0.2) is 4.98 Å². The molecular weight excluding hydrogens is 226 g/mol. The lowest BCUT2D eigenvalue weighted by molar-refractivity contribution is 0.0951. The molecule has 0 saturated heterocycles. The van der Waals surface area contributed by atoms with Crippen molar-refractivity contribution in [2.45, 2.75) is 27.2 Å². The fourth-order valence-corrected chi connectivity index (χ4v) is 2.13. The molecule has 4 heteroatoms. The van der Waals surface area contributed by atoms with Gasteiger partial charge in [0.2, 0.25) is 0 Å². The topological polar surface area (TPSA) is 54.0 Å². The maximum atomic E-state index is 12.1. The summed E-state index contributed by atoms with van der Waals surface area (Å²) in [6.45, 7) is 7.97. The summed E-state index contributed by atoms with van der Waals surface area (Å²) in [6.07, 6.45) is 2.89. The molecule has 0 bridgehead atoms. The first-order valence-electron chi connectivity index (χ1n) is 6.51. The van der Waals surface area contributed by atoms with Crippen LogP contribution < -0.4 is 10.6 Å². The number of carbonyl (C=O) groups is 1. The molecule has 2 N–H and O–H groups in total. The van der Waals surface area contributed by atoms with Crippen LogP contribution in [-0.4, -0.2) is 24.0 Å². The van der Waals surface area contributed by atoms with E-state index in [1.807, 2.05) is 6.92 Å². The molecule has 18 heavy (non-hydrogen) atoms. The van der Waals surface area contributed by atoms with Crippen molar-refractivity contribution in [1.29, 1.82) is 0 Å². The second kappa shape index (κ2) is 4.96. The first-order chi connectivity index (χ1) is 8.54. The van der Waals surface area contributed by atoms with Crippen molar-refractivity contribution < 1.29 is 4.79 Å². The molecule has 1 aliphatic rings. The van der Waals surface area contributed by atoms with Gasteiger partial charge in [-0.2, -0.15) is 0 Å². The number of hydrogen-bond donors (Lipinski definition) is 2. The van der Waals surface area contributed by atoms with Crippen LogP contribution in [0, 0.1) is 11.3 Å². The van der Waals surface area contributed by atoms with Crippen LogP contribution in [0.2, 0.25) is 0 Å². The number of carbonyl (C=O) groups excluding carboxylic acids is 1. The summed E-state index contributed by atoms with van der Waals surface area (Å²) < 4.78 is 0. The molecule has 0 aliphatic heterocycles. The number of anilines is 1. The maximum absolute atomic E-state index is 12.1. The lowest BCUT2D eigenvalue weighted by atomic mass is 10.1. The molecule has 4 nitrogen and oxygen atoms in total. The van der Waals surface area contributed by atoms with Gasteiger partial charge in [0.25, 0.3) is 5.91 Å². The zero-order valence-corrected chi connectivity index (χ0v) is 11.3. The van der Waals surface area contributed by atoms with Crippen LogP contribution in [0.1, 0.15) is 37.6 Å². The molecule has 1 saturated carbocycles. The predicted octanol–water partition coefficient (Wildman–Crippen LogP) is 2.29. The van der Waals surface area contributed by atoms with E-state index in [0.29, 0.717) is 22.7 Å². The molecule has 1 amide bonds. The molecule has 0 spiro atoms. The molecule has 0 radical (unpaired) electrons. The normalized spacial score (nSPS) is 20.3. The third-order valence-corrected chi connectivity index (χ3v) is 3.62. The van der Waals surface area contributed by atoms with Gasteiger partial charge in [0.1, 0.15) is 5.82 Å². The number of pyridine rings is 1. The van der Waals surface area contributed by atoms with Crippen LogP contribution in [0.4, 0.5) is 5.82 Å². The first-order valence-corrected chi connectivity index (χ1v) is 6.51. The van der Waals surface area contributed by atoms with E-state index >= 15 is 0 Å². The molecule has 1 fully saturated rings. The van der Waals surface area contributed by atoms with E-state index in [9.17, 15) is 4.79 Å². The Hall–Kier alpha value is -1.58. The summed E-state index contributed by atoms with van der Waals surface area (Å²) in [5, 5.41) is 6.10. The molecule has 1 atom stereocenters. The molecule has 1 aromatic heterocycles. The van der Waals surface area contributed by atoms with Gasteiger partial charge in [-0.05, 0) is 36.8 Å². The minimum absolute atomic E-state index is 0.0400. The summed E-state index contributed by atoms with van der Waals surface area (Å²) in [6, 6.07) is 3.59. The summed E-state index contributed by atoms with van der Waals surface area (Å²) in [4.78, 5) is 16.3. The van der Waals surface area contributed by atoms with E-state index in [1.54, 1.807) is 18.3 Å². The summed E-state index contributed by atoms with van der Waals surface area (Å²) >= 11 is 0. The minimum Gasteiger partial charge on any atom is -0.370 e. The Morgan fingerprint density at radius 2 is 2.28 bits per heavy atom. The van der Waals surface area contributed by atoms with Crippen molar-refractivity contribution in [2.24, 2.45) is 11.3 Å². The van der Waals surface area contributed by atoms with Crippen LogP contribution in [0.5, 0.6) is 0 Å². The molecular formula is C14H21N3O. The maximum Gasteiger partial charge on any atom is 0.255 e. The minimum atomic E-state index is -0.0400. The van der Waals surface area contributed by atoms with E-state index in [-0.39, 0.29) is 5.91 Å². The molecule has 2 rings (SSSR count). The van der Waals surface area contributed by atoms with Crippen LogP contribution in [-0.2, 0) is 0 Å². The number of nitrogens with one attached hydrogen (secondary N) is 2. The van der Waals surface area contributed by atoms with Gasteiger partial charge in [0.15, 0.2) is 0 Å². The number of aromatic nitrogens is 1. The van der Waals surface area contributed by atoms with Gasteiger partial charge in [-0.15, -0.1) is 0 Å². The van der Waals surface area contributed by atoms with Gasteiger partial charge >= 0.3 is 0 Å². The Labute approximate surface area is 108 Å². The lowest BCUT2D eigenvalue weighted by Gasteiger charge is -2.10. The Balaban J connectivity index is 1.96. The monoisotopic (exact) mass is 247 g/mol. The number of nitrogens with zero attached hydrogens (tertiary/aromatic N) is 1. The van der Waals surface area contributed by atoms with Crippen molar-refractivity contribution in [3.63, 3.8) is 0 Å². The van der Waals surface area contributed by atoms with E-state index in [1.165, 1.54) is 6.42 Å². The number of amides is 1. The molecule has 1 unspecified atom stereocenters. The highest BCUT2D eigenvalue weighted by Crippen LogP contribution is 2.50. The Morgan fingerprint density at radius 3 is 2.89 bits per heavy atom. The van der Waals surface area contributed by atoms with E-state index in [2.05, 4.69) is 29.5 Å². The lowest BCUT2D eigenvalue weighted by Crippen LogP contribution is -2.27. The van der Waals surface area contributed by atoms with Gasteiger partial charge in [-0.1, -0.05) is 13.8 Å². The largest absolute Gasteiger partial charge is 0.370 e. The van der Waals surface area contributed by atoms with Crippen molar-refractivity contribution in [2.75, 3.05) is 18.4 Å². The number of hydrogen-bond acceptors (Lipinski definition) is 3. The highest BCUT2D eigenvalue weighted by molar-refractivity contribution is 5.98. The van der Waals surface area contributed by atoms with Crippen molar-refractivity contribution in [1.82, 2.24) is 10.3 Å². The smallest absolute Gasteiger partial charge is 0.255 e. The summed E-state index contributed by atoms with van der Waals surface area (Å²) in [5.74, 6) is 1.23. The van der Waals surface area contributed by atoms with Crippen LogP contribution in [0.3, 0.4) is 0 Å². The second-order valence-electron chi connectivity index (χ2n) is 5.53. The quantitative estimate of drug-likeness (QED) is 0.839. The standard InChI is InChI=1S/C14H21N3O/c1-4-15-12-11(6-5-7-16-12)13(18)17-9-10-8-14(10,2)3/h5-7,10H,4,8-9H2,1-3H3,(H,15,16)(H,17,18). The molecule has 1 aromatic rings. The van der Waals surface area contributed by atoms with Crippen LogP contribution >= 0.6 is 0 Å². The zero-order chi connectivity index (χ0) is 13.2.